The minimum absolute atomic E-state index is 0.296. The van der Waals surface area contributed by atoms with Crippen LogP contribution in [0, 0.1) is 5.92 Å². The smallest absolute Gasteiger partial charge is 0.407 e. The molecule has 0 aromatic rings. The van der Waals surface area contributed by atoms with E-state index in [0.717, 1.165) is 6.54 Å². The first-order valence-corrected chi connectivity index (χ1v) is 7.96. The summed E-state index contributed by atoms with van der Waals surface area (Å²) < 4.78 is 5.25. The second kappa shape index (κ2) is 10.0. The van der Waals surface area contributed by atoms with Gasteiger partial charge in [0, 0.05) is 12.6 Å². The number of unbranched alkanes of at least 4 members (excludes halogenated alkanes) is 3. The Hall–Kier alpha value is -0.770. The van der Waals surface area contributed by atoms with E-state index in [2.05, 4.69) is 31.4 Å². The van der Waals surface area contributed by atoms with Crippen LogP contribution < -0.4 is 10.6 Å². The zero-order valence-electron chi connectivity index (χ0n) is 14.2. The molecule has 120 valence electrons. The van der Waals surface area contributed by atoms with Gasteiger partial charge in [-0.15, -0.1) is 0 Å². The van der Waals surface area contributed by atoms with Crippen molar-refractivity contribution in [1.82, 2.24) is 10.6 Å². The fourth-order valence-corrected chi connectivity index (χ4v) is 1.89. The molecule has 1 atom stereocenters. The van der Waals surface area contributed by atoms with Crippen molar-refractivity contribution in [1.29, 1.82) is 0 Å². The molecule has 0 aromatic heterocycles. The maximum absolute atomic E-state index is 11.6. The maximum Gasteiger partial charge on any atom is 0.407 e. The molecule has 1 amide bonds. The molecular weight excluding hydrogens is 252 g/mol. The number of carbonyl (C=O) groups is 1. The van der Waals surface area contributed by atoms with Gasteiger partial charge in [-0.3, -0.25) is 0 Å². The second-order valence-corrected chi connectivity index (χ2v) is 6.75. The van der Waals surface area contributed by atoms with Crippen molar-refractivity contribution in [3.63, 3.8) is 0 Å². The van der Waals surface area contributed by atoms with E-state index < -0.39 is 5.60 Å². The van der Waals surface area contributed by atoms with Crippen molar-refractivity contribution in [2.45, 2.75) is 78.9 Å². The number of carbonyl (C=O) groups excluding carboxylic acids is 1. The third-order valence-electron chi connectivity index (χ3n) is 3.11. The van der Waals surface area contributed by atoms with Gasteiger partial charge in [0.15, 0.2) is 0 Å². The average Bonchev–Trinajstić information content (AvgIpc) is 2.29. The first-order chi connectivity index (χ1) is 9.26. The number of hydrogen-bond donors (Lipinski definition) is 2. The van der Waals surface area contributed by atoms with E-state index in [4.69, 9.17) is 4.74 Å². The molecule has 0 saturated carbocycles. The zero-order chi connectivity index (χ0) is 15.6. The Labute approximate surface area is 125 Å². The highest BCUT2D eigenvalue weighted by Gasteiger charge is 2.18. The molecular formula is C16H34N2O2. The molecule has 0 bridgehead atoms. The van der Waals surface area contributed by atoms with Crippen LogP contribution in [0.4, 0.5) is 4.79 Å². The average molecular weight is 286 g/mol. The van der Waals surface area contributed by atoms with Crippen LogP contribution >= 0.6 is 0 Å². The molecule has 0 aliphatic heterocycles. The number of amides is 1. The van der Waals surface area contributed by atoms with Crippen molar-refractivity contribution in [2.24, 2.45) is 5.92 Å². The molecule has 0 aliphatic rings. The molecule has 0 aromatic carbocycles. The van der Waals surface area contributed by atoms with Crippen molar-refractivity contribution < 1.29 is 9.53 Å². The van der Waals surface area contributed by atoms with Crippen LogP contribution in [0.3, 0.4) is 0 Å². The van der Waals surface area contributed by atoms with Gasteiger partial charge in [-0.25, -0.2) is 4.79 Å². The number of ether oxygens (including phenoxy) is 1. The molecule has 1 unspecified atom stereocenters. The Kier molecular flexibility index (Phi) is 9.64. The van der Waals surface area contributed by atoms with E-state index in [-0.39, 0.29) is 6.09 Å². The largest absolute Gasteiger partial charge is 0.444 e. The Balaban J connectivity index is 3.94. The molecule has 0 saturated heterocycles. The number of alkyl carbamates (subject to hydrolysis) is 1. The summed E-state index contributed by atoms with van der Waals surface area (Å²) in [5, 5.41) is 6.38. The topological polar surface area (TPSA) is 50.4 Å². The molecule has 0 radical (unpaired) electrons. The molecule has 0 rings (SSSR count). The third kappa shape index (κ3) is 11.1. The van der Waals surface area contributed by atoms with Crippen LogP contribution in [0.2, 0.25) is 0 Å². The highest BCUT2D eigenvalue weighted by Crippen LogP contribution is 2.07. The van der Waals surface area contributed by atoms with Crippen LogP contribution in [0.25, 0.3) is 0 Å². The van der Waals surface area contributed by atoms with Crippen LogP contribution in [-0.4, -0.2) is 30.8 Å². The SMILES string of the molecule is CCCCCCNC(CNC(=O)OC(C)(C)C)C(C)C. The first-order valence-electron chi connectivity index (χ1n) is 7.96. The first kappa shape index (κ1) is 19.2. The van der Waals surface area contributed by atoms with Crippen molar-refractivity contribution in [3.05, 3.63) is 0 Å². The van der Waals surface area contributed by atoms with Gasteiger partial charge in [-0.05, 0) is 39.7 Å². The lowest BCUT2D eigenvalue weighted by molar-refractivity contribution is 0.0519. The summed E-state index contributed by atoms with van der Waals surface area (Å²) in [5.41, 5.74) is -0.439. The van der Waals surface area contributed by atoms with Gasteiger partial charge >= 0.3 is 6.09 Å². The second-order valence-electron chi connectivity index (χ2n) is 6.75. The lowest BCUT2D eigenvalue weighted by Crippen LogP contribution is -2.45. The molecule has 4 heteroatoms. The standard InChI is InChI=1S/C16H34N2O2/c1-7-8-9-10-11-17-14(13(2)3)12-18-15(19)20-16(4,5)6/h13-14,17H,7-12H2,1-6H3,(H,18,19). The molecule has 0 fully saturated rings. The van der Waals surface area contributed by atoms with Crippen LogP contribution in [0.1, 0.15) is 67.2 Å². The van der Waals surface area contributed by atoms with E-state index in [1.165, 1.54) is 25.7 Å². The van der Waals surface area contributed by atoms with Crippen LogP contribution in [-0.2, 0) is 4.74 Å². The highest BCUT2D eigenvalue weighted by molar-refractivity contribution is 5.67. The Bertz CT molecular complexity index is 260. The van der Waals surface area contributed by atoms with Gasteiger partial charge in [-0.1, -0.05) is 40.0 Å². The van der Waals surface area contributed by atoms with Crippen molar-refractivity contribution in [3.8, 4) is 0 Å². The number of hydrogen-bond acceptors (Lipinski definition) is 3. The van der Waals surface area contributed by atoms with Crippen molar-refractivity contribution >= 4 is 6.09 Å². The van der Waals surface area contributed by atoms with E-state index in [1.807, 2.05) is 20.8 Å². The summed E-state index contributed by atoms with van der Waals surface area (Å²) in [5.74, 6) is 0.483. The van der Waals surface area contributed by atoms with E-state index >= 15 is 0 Å². The molecule has 0 aliphatic carbocycles. The monoisotopic (exact) mass is 286 g/mol. The minimum Gasteiger partial charge on any atom is -0.444 e. The maximum atomic E-state index is 11.6. The minimum atomic E-state index is -0.439. The molecule has 0 heterocycles. The number of rotatable bonds is 9. The normalized spacial score (nSPS) is 13.3. The summed E-state index contributed by atoms with van der Waals surface area (Å²) in [6, 6.07) is 0.296. The molecule has 4 nitrogen and oxygen atoms in total. The quantitative estimate of drug-likeness (QED) is 0.635. The summed E-state index contributed by atoms with van der Waals surface area (Å²) in [4.78, 5) is 11.6. The molecule has 0 spiro atoms. The fourth-order valence-electron chi connectivity index (χ4n) is 1.89. The molecule has 20 heavy (non-hydrogen) atoms. The van der Waals surface area contributed by atoms with Gasteiger partial charge in [0.1, 0.15) is 5.60 Å². The fraction of sp³-hybridized carbons (Fsp3) is 0.938. The van der Waals surface area contributed by atoms with Crippen molar-refractivity contribution in [2.75, 3.05) is 13.1 Å². The van der Waals surface area contributed by atoms with Gasteiger partial charge in [0.2, 0.25) is 0 Å². The number of nitrogens with one attached hydrogen (secondary N) is 2. The summed E-state index contributed by atoms with van der Waals surface area (Å²) in [6.07, 6.45) is 4.69. The predicted octanol–water partition coefficient (Wildman–Crippen LogP) is 3.71. The van der Waals surface area contributed by atoms with E-state index in [1.54, 1.807) is 0 Å². The van der Waals surface area contributed by atoms with E-state index in [9.17, 15) is 4.79 Å². The summed E-state index contributed by atoms with van der Waals surface area (Å²) in [6.45, 7) is 13.8. The Morgan fingerprint density at radius 2 is 1.80 bits per heavy atom. The highest BCUT2D eigenvalue weighted by atomic mass is 16.6. The summed E-state index contributed by atoms with van der Waals surface area (Å²) in [7, 11) is 0. The Morgan fingerprint density at radius 1 is 1.15 bits per heavy atom. The van der Waals surface area contributed by atoms with Gasteiger partial charge in [0.05, 0.1) is 0 Å². The lowest BCUT2D eigenvalue weighted by Gasteiger charge is -2.25. The molecule has 2 N–H and O–H groups in total. The third-order valence-corrected chi connectivity index (χ3v) is 3.11. The predicted molar refractivity (Wildman–Crippen MR) is 85.0 cm³/mol. The van der Waals surface area contributed by atoms with Gasteiger partial charge in [0.25, 0.3) is 0 Å². The van der Waals surface area contributed by atoms with Crippen LogP contribution in [0.5, 0.6) is 0 Å². The van der Waals surface area contributed by atoms with Crippen LogP contribution in [0.15, 0.2) is 0 Å². The van der Waals surface area contributed by atoms with Gasteiger partial charge in [-0.2, -0.15) is 0 Å². The zero-order valence-corrected chi connectivity index (χ0v) is 14.2. The van der Waals surface area contributed by atoms with Gasteiger partial charge < -0.3 is 15.4 Å². The summed E-state index contributed by atoms with van der Waals surface area (Å²) >= 11 is 0. The Morgan fingerprint density at radius 3 is 2.30 bits per heavy atom. The van der Waals surface area contributed by atoms with E-state index in [0.29, 0.717) is 18.5 Å². The lowest BCUT2D eigenvalue weighted by atomic mass is 10.0.